The fraction of sp³-hybridized carbons (Fsp3) is 0.625. The Bertz CT molecular complexity index is 470. The number of ether oxygens (including phenoxy) is 1. The predicted octanol–water partition coefficient (Wildman–Crippen LogP) is 4.24. The van der Waals surface area contributed by atoms with E-state index in [1.54, 1.807) is 7.11 Å². The minimum Gasteiger partial charge on any atom is -0.496 e. The van der Waals surface area contributed by atoms with Gasteiger partial charge in [-0.15, -0.1) is 0 Å². The molecule has 0 amide bonds. The Hall–Kier alpha value is -0.730. The van der Waals surface area contributed by atoms with E-state index >= 15 is 0 Å². The summed E-state index contributed by atoms with van der Waals surface area (Å²) < 4.78 is 5.74. The Labute approximate surface area is 121 Å². The molecule has 2 nitrogen and oxygen atoms in total. The number of methoxy groups -OCH3 is 1. The van der Waals surface area contributed by atoms with Crippen LogP contribution in [0.2, 0.25) is 5.02 Å². The summed E-state index contributed by atoms with van der Waals surface area (Å²) in [5.74, 6) is 0.980. The molecular formula is C16H24ClNO. The maximum absolute atomic E-state index is 6.34. The van der Waals surface area contributed by atoms with Crippen molar-refractivity contribution in [2.24, 2.45) is 0 Å². The van der Waals surface area contributed by atoms with Crippen molar-refractivity contribution in [2.75, 3.05) is 13.7 Å². The van der Waals surface area contributed by atoms with Gasteiger partial charge in [-0.25, -0.2) is 0 Å². The molecule has 0 spiro atoms. The van der Waals surface area contributed by atoms with Crippen LogP contribution in [0, 0.1) is 0 Å². The predicted molar refractivity (Wildman–Crippen MR) is 81.3 cm³/mol. The fourth-order valence-electron chi connectivity index (χ4n) is 2.90. The minimum atomic E-state index is -0.0315. The summed E-state index contributed by atoms with van der Waals surface area (Å²) in [6, 6.07) is 4.08. The molecule has 3 heteroatoms. The van der Waals surface area contributed by atoms with Crippen LogP contribution < -0.4 is 10.1 Å². The van der Waals surface area contributed by atoms with Gasteiger partial charge in [-0.3, -0.25) is 0 Å². The van der Waals surface area contributed by atoms with E-state index < -0.39 is 0 Å². The number of hydrogen-bond donors (Lipinski definition) is 1. The molecule has 1 unspecified atom stereocenters. The molecule has 1 N–H and O–H groups in total. The lowest BCUT2D eigenvalue weighted by atomic mass is 9.81. The number of halogens is 1. The minimum absolute atomic E-state index is 0.0138. The Morgan fingerprint density at radius 1 is 1.32 bits per heavy atom. The van der Waals surface area contributed by atoms with Crippen LogP contribution in [-0.2, 0) is 11.0 Å². The van der Waals surface area contributed by atoms with Gasteiger partial charge in [0, 0.05) is 21.7 Å². The highest BCUT2D eigenvalue weighted by Gasteiger charge is 2.35. The molecule has 1 aromatic carbocycles. The first-order valence-corrected chi connectivity index (χ1v) is 7.29. The summed E-state index contributed by atoms with van der Waals surface area (Å²) in [5, 5.41) is 4.38. The molecule has 1 atom stereocenters. The van der Waals surface area contributed by atoms with Gasteiger partial charge in [-0.05, 0) is 43.9 Å². The summed E-state index contributed by atoms with van der Waals surface area (Å²) in [6.45, 7) is 9.86. The standard InChI is InChI=1S/C16H24ClNO/c1-15(2,3)12-9-11(17)10-13(14(12)19-5)16(4)7-6-8-18-16/h9-10,18H,6-8H2,1-5H3. The third-order valence-electron chi connectivity index (χ3n) is 4.03. The summed E-state index contributed by atoms with van der Waals surface area (Å²) >= 11 is 6.34. The Morgan fingerprint density at radius 2 is 2.00 bits per heavy atom. The molecule has 0 saturated carbocycles. The third-order valence-corrected chi connectivity index (χ3v) is 4.25. The van der Waals surface area contributed by atoms with Gasteiger partial charge in [0.2, 0.25) is 0 Å². The molecule has 1 aromatic rings. The van der Waals surface area contributed by atoms with Gasteiger partial charge in [0.15, 0.2) is 0 Å². The summed E-state index contributed by atoms with van der Waals surface area (Å²) in [7, 11) is 1.75. The molecule has 106 valence electrons. The molecule has 1 saturated heterocycles. The molecule has 0 radical (unpaired) electrons. The van der Waals surface area contributed by atoms with Crippen molar-refractivity contribution in [1.82, 2.24) is 5.32 Å². The van der Waals surface area contributed by atoms with E-state index in [9.17, 15) is 0 Å². The fourth-order valence-corrected chi connectivity index (χ4v) is 3.12. The largest absolute Gasteiger partial charge is 0.496 e. The molecule has 2 rings (SSSR count). The summed E-state index contributed by atoms with van der Waals surface area (Å²) in [4.78, 5) is 0. The first kappa shape index (κ1) is 14.7. The Balaban J connectivity index is 2.63. The van der Waals surface area contributed by atoms with E-state index in [1.165, 1.54) is 17.5 Å². The maximum atomic E-state index is 6.34. The first-order chi connectivity index (χ1) is 8.78. The molecule has 19 heavy (non-hydrogen) atoms. The van der Waals surface area contributed by atoms with Crippen molar-refractivity contribution in [3.63, 3.8) is 0 Å². The van der Waals surface area contributed by atoms with Crippen molar-refractivity contribution in [3.05, 3.63) is 28.3 Å². The van der Waals surface area contributed by atoms with Gasteiger partial charge in [-0.2, -0.15) is 0 Å². The van der Waals surface area contributed by atoms with E-state index in [-0.39, 0.29) is 11.0 Å². The van der Waals surface area contributed by atoms with Crippen LogP contribution in [0.1, 0.15) is 51.7 Å². The van der Waals surface area contributed by atoms with E-state index in [2.05, 4.69) is 33.0 Å². The highest BCUT2D eigenvalue weighted by molar-refractivity contribution is 6.30. The second kappa shape index (κ2) is 4.99. The van der Waals surface area contributed by atoms with E-state index in [1.807, 2.05) is 12.1 Å². The van der Waals surface area contributed by atoms with Crippen LogP contribution >= 0.6 is 11.6 Å². The maximum Gasteiger partial charge on any atom is 0.127 e. The van der Waals surface area contributed by atoms with Crippen LogP contribution in [0.3, 0.4) is 0 Å². The lowest BCUT2D eigenvalue weighted by Gasteiger charge is -2.31. The molecule has 1 heterocycles. The Kier molecular flexibility index (Phi) is 3.85. The number of benzene rings is 1. The molecule has 1 aliphatic heterocycles. The molecular weight excluding hydrogens is 258 g/mol. The zero-order valence-electron chi connectivity index (χ0n) is 12.6. The van der Waals surface area contributed by atoms with Crippen molar-refractivity contribution in [3.8, 4) is 5.75 Å². The zero-order chi connectivity index (χ0) is 14.3. The van der Waals surface area contributed by atoms with Gasteiger partial charge in [0.1, 0.15) is 5.75 Å². The SMILES string of the molecule is COc1c(C(C)(C)C)cc(Cl)cc1C1(C)CCCN1. The quantitative estimate of drug-likeness (QED) is 0.875. The smallest absolute Gasteiger partial charge is 0.127 e. The topological polar surface area (TPSA) is 21.3 Å². The van der Waals surface area contributed by atoms with Gasteiger partial charge in [-0.1, -0.05) is 32.4 Å². The lowest BCUT2D eigenvalue weighted by Crippen LogP contribution is -2.34. The number of nitrogens with one attached hydrogen (secondary N) is 1. The normalized spacial score (nSPS) is 23.7. The zero-order valence-corrected chi connectivity index (χ0v) is 13.3. The summed E-state index contributed by atoms with van der Waals surface area (Å²) in [5.41, 5.74) is 2.34. The average molecular weight is 282 g/mol. The van der Waals surface area contributed by atoms with Gasteiger partial charge >= 0.3 is 0 Å². The van der Waals surface area contributed by atoms with Gasteiger partial charge in [0.25, 0.3) is 0 Å². The van der Waals surface area contributed by atoms with E-state index in [4.69, 9.17) is 16.3 Å². The monoisotopic (exact) mass is 281 g/mol. The van der Waals surface area contributed by atoms with Gasteiger partial charge < -0.3 is 10.1 Å². The van der Waals surface area contributed by atoms with Crippen LogP contribution in [-0.4, -0.2) is 13.7 Å². The highest BCUT2D eigenvalue weighted by atomic mass is 35.5. The van der Waals surface area contributed by atoms with E-state index in [0.717, 1.165) is 23.7 Å². The van der Waals surface area contributed by atoms with Crippen molar-refractivity contribution in [2.45, 2.75) is 51.5 Å². The molecule has 0 bridgehead atoms. The first-order valence-electron chi connectivity index (χ1n) is 6.91. The summed E-state index contributed by atoms with van der Waals surface area (Å²) in [6.07, 6.45) is 2.31. The van der Waals surface area contributed by atoms with Crippen LogP contribution in [0.15, 0.2) is 12.1 Å². The molecule has 0 aliphatic carbocycles. The second-order valence-corrected chi connectivity index (χ2v) is 7.08. The van der Waals surface area contributed by atoms with Crippen LogP contribution in [0.4, 0.5) is 0 Å². The Morgan fingerprint density at radius 3 is 2.47 bits per heavy atom. The number of hydrogen-bond acceptors (Lipinski definition) is 2. The molecule has 1 fully saturated rings. The van der Waals surface area contributed by atoms with Gasteiger partial charge in [0.05, 0.1) is 7.11 Å². The van der Waals surface area contributed by atoms with Crippen molar-refractivity contribution >= 4 is 11.6 Å². The van der Waals surface area contributed by atoms with Crippen molar-refractivity contribution in [1.29, 1.82) is 0 Å². The average Bonchev–Trinajstić information content (AvgIpc) is 2.75. The lowest BCUT2D eigenvalue weighted by molar-refractivity contribution is 0.359. The second-order valence-electron chi connectivity index (χ2n) is 6.65. The van der Waals surface area contributed by atoms with Crippen molar-refractivity contribution < 1.29 is 4.74 Å². The molecule has 0 aromatic heterocycles. The van der Waals surface area contributed by atoms with E-state index in [0.29, 0.717) is 0 Å². The molecule has 1 aliphatic rings. The van der Waals surface area contributed by atoms with Crippen LogP contribution in [0.5, 0.6) is 5.75 Å². The van der Waals surface area contributed by atoms with Crippen LogP contribution in [0.25, 0.3) is 0 Å². The third kappa shape index (κ3) is 2.75. The number of rotatable bonds is 2. The highest BCUT2D eigenvalue weighted by Crippen LogP contribution is 2.43.